The van der Waals surface area contributed by atoms with Crippen LogP contribution >= 0.6 is 12.4 Å². The molecule has 0 saturated carbocycles. The first-order valence-electron chi connectivity index (χ1n) is 5.28. The largest absolute Gasteiger partial charge is 0.493 e. The predicted octanol–water partition coefficient (Wildman–Crippen LogP) is 1.69. The molecule has 5 nitrogen and oxygen atoms in total. The van der Waals surface area contributed by atoms with Crippen molar-refractivity contribution in [2.24, 2.45) is 5.73 Å². The molecule has 1 rings (SSSR count). The van der Waals surface area contributed by atoms with Gasteiger partial charge < -0.3 is 19.9 Å². The van der Waals surface area contributed by atoms with Gasteiger partial charge in [0.25, 0.3) is 0 Å². The number of halogens is 1. The minimum absolute atomic E-state index is 0. The highest BCUT2D eigenvalue weighted by Crippen LogP contribution is 2.30. The number of methoxy groups -OCH3 is 2. The van der Waals surface area contributed by atoms with Gasteiger partial charge >= 0.3 is 5.97 Å². The summed E-state index contributed by atoms with van der Waals surface area (Å²) >= 11 is 0. The molecule has 0 fully saturated rings. The van der Waals surface area contributed by atoms with Crippen molar-refractivity contribution >= 4 is 18.4 Å². The molecule has 0 aromatic heterocycles. The second-order valence-corrected chi connectivity index (χ2v) is 3.34. The third kappa shape index (κ3) is 3.78. The van der Waals surface area contributed by atoms with Crippen LogP contribution in [-0.2, 0) is 9.53 Å². The summed E-state index contributed by atoms with van der Waals surface area (Å²) in [5, 5.41) is 0. The van der Waals surface area contributed by atoms with Crippen LogP contribution in [0.2, 0.25) is 0 Å². The van der Waals surface area contributed by atoms with Gasteiger partial charge in [0.05, 0.1) is 20.8 Å². The summed E-state index contributed by atoms with van der Waals surface area (Å²) in [5.41, 5.74) is 6.35. The zero-order valence-corrected chi connectivity index (χ0v) is 11.5. The molecule has 1 atom stereocenters. The van der Waals surface area contributed by atoms with Crippen LogP contribution < -0.4 is 15.2 Å². The van der Waals surface area contributed by atoms with E-state index in [1.54, 1.807) is 18.2 Å². The molecule has 0 bridgehead atoms. The Labute approximate surface area is 113 Å². The molecule has 0 aliphatic rings. The van der Waals surface area contributed by atoms with E-state index in [4.69, 9.17) is 15.2 Å². The number of esters is 1. The number of hydrogen-bond donors (Lipinski definition) is 1. The van der Waals surface area contributed by atoms with E-state index < -0.39 is 12.0 Å². The van der Waals surface area contributed by atoms with Crippen LogP contribution in [0, 0.1) is 0 Å². The van der Waals surface area contributed by atoms with Crippen LogP contribution in [0.1, 0.15) is 18.5 Å². The van der Waals surface area contributed by atoms with Crippen LogP contribution in [0.3, 0.4) is 0 Å². The number of carbonyl (C=O) groups is 1. The number of hydrogen-bond acceptors (Lipinski definition) is 5. The van der Waals surface area contributed by atoms with Crippen molar-refractivity contribution in [2.75, 3.05) is 20.8 Å². The lowest BCUT2D eigenvalue weighted by Gasteiger charge is -2.13. The Bertz CT molecular complexity index is 398. The smallest absolute Gasteiger partial charge is 0.327 e. The maximum Gasteiger partial charge on any atom is 0.327 e. The molecule has 0 radical (unpaired) electrons. The number of benzene rings is 1. The van der Waals surface area contributed by atoms with Gasteiger partial charge in [0, 0.05) is 0 Å². The quantitative estimate of drug-likeness (QED) is 0.828. The van der Waals surface area contributed by atoms with Gasteiger partial charge in [-0.25, -0.2) is 0 Å². The molecule has 0 aliphatic carbocycles. The molecule has 1 aromatic rings. The summed E-state index contributed by atoms with van der Waals surface area (Å²) in [6.07, 6.45) is 0. The SMILES string of the molecule is CCOc1ccc([C@@H](N)C(=O)OC)cc1OC.Cl. The van der Waals surface area contributed by atoms with Gasteiger partial charge in [-0.1, -0.05) is 6.07 Å². The molecular formula is C12H18ClNO4. The highest BCUT2D eigenvalue weighted by atomic mass is 35.5. The van der Waals surface area contributed by atoms with E-state index in [0.29, 0.717) is 23.7 Å². The molecule has 0 amide bonds. The summed E-state index contributed by atoms with van der Waals surface area (Å²) in [6, 6.07) is 4.30. The lowest BCUT2D eigenvalue weighted by atomic mass is 10.1. The summed E-state index contributed by atoms with van der Waals surface area (Å²) in [7, 11) is 2.83. The average Bonchev–Trinajstić information content (AvgIpc) is 2.37. The van der Waals surface area contributed by atoms with Crippen LogP contribution in [-0.4, -0.2) is 26.8 Å². The highest BCUT2D eigenvalue weighted by molar-refractivity contribution is 5.85. The van der Waals surface area contributed by atoms with E-state index in [2.05, 4.69) is 4.74 Å². The van der Waals surface area contributed by atoms with E-state index in [1.165, 1.54) is 14.2 Å². The number of rotatable bonds is 5. The van der Waals surface area contributed by atoms with Crippen LogP contribution in [0.15, 0.2) is 18.2 Å². The van der Waals surface area contributed by atoms with Crippen molar-refractivity contribution in [3.05, 3.63) is 23.8 Å². The first-order chi connectivity index (χ1) is 8.13. The van der Waals surface area contributed by atoms with Gasteiger partial charge in [-0.2, -0.15) is 0 Å². The minimum Gasteiger partial charge on any atom is -0.493 e. The lowest BCUT2D eigenvalue weighted by Crippen LogP contribution is -2.22. The zero-order valence-electron chi connectivity index (χ0n) is 10.6. The molecule has 1 aromatic carbocycles. The third-order valence-electron chi connectivity index (χ3n) is 2.30. The molecule has 0 unspecified atom stereocenters. The molecule has 0 heterocycles. The van der Waals surface area contributed by atoms with Crippen molar-refractivity contribution in [1.29, 1.82) is 0 Å². The number of ether oxygens (including phenoxy) is 3. The van der Waals surface area contributed by atoms with E-state index in [1.807, 2.05) is 6.92 Å². The molecule has 0 aliphatic heterocycles. The fourth-order valence-corrected chi connectivity index (χ4v) is 1.42. The van der Waals surface area contributed by atoms with Gasteiger partial charge in [-0.3, -0.25) is 4.79 Å². The lowest BCUT2D eigenvalue weighted by molar-refractivity contribution is -0.142. The molecule has 18 heavy (non-hydrogen) atoms. The maximum absolute atomic E-state index is 11.3. The third-order valence-corrected chi connectivity index (χ3v) is 2.30. The standard InChI is InChI=1S/C12H17NO4.ClH/c1-4-17-9-6-5-8(7-10(9)15-2)11(13)12(14)16-3;/h5-7,11H,4,13H2,1-3H3;1H/t11-;/m1./s1. The molecule has 6 heteroatoms. The van der Waals surface area contributed by atoms with E-state index >= 15 is 0 Å². The fourth-order valence-electron chi connectivity index (χ4n) is 1.42. The average molecular weight is 276 g/mol. The van der Waals surface area contributed by atoms with Crippen molar-refractivity contribution in [1.82, 2.24) is 0 Å². The van der Waals surface area contributed by atoms with Crippen molar-refractivity contribution in [3.63, 3.8) is 0 Å². The number of carbonyl (C=O) groups excluding carboxylic acids is 1. The first-order valence-corrected chi connectivity index (χ1v) is 5.28. The van der Waals surface area contributed by atoms with Crippen molar-refractivity contribution in [3.8, 4) is 11.5 Å². The Hall–Kier alpha value is -1.46. The summed E-state index contributed by atoms with van der Waals surface area (Å²) in [4.78, 5) is 11.3. The Morgan fingerprint density at radius 1 is 1.33 bits per heavy atom. The summed E-state index contributed by atoms with van der Waals surface area (Å²) in [5.74, 6) is 0.677. The van der Waals surface area contributed by atoms with E-state index in [-0.39, 0.29) is 12.4 Å². The first kappa shape index (κ1) is 16.5. The maximum atomic E-state index is 11.3. The second-order valence-electron chi connectivity index (χ2n) is 3.34. The van der Waals surface area contributed by atoms with Gasteiger partial charge in [0.15, 0.2) is 11.5 Å². The van der Waals surface area contributed by atoms with Crippen LogP contribution in [0.4, 0.5) is 0 Å². The molecule has 0 spiro atoms. The molecular weight excluding hydrogens is 258 g/mol. The van der Waals surface area contributed by atoms with Crippen molar-refractivity contribution < 1.29 is 19.0 Å². The van der Waals surface area contributed by atoms with Gasteiger partial charge in [-0.05, 0) is 24.6 Å². The number of nitrogens with two attached hydrogens (primary N) is 1. The van der Waals surface area contributed by atoms with Crippen molar-refractivity contribution in [2.45, 2.75) is 13.0 Å². The topological polar surface area (TPSA) is 70.8 Å². The summed E-state index contributed by atoms with van der Waals surface area (Å²) < 4.78 is 15.1. The molecule has 0 saturated heterocycles. The molecule has 2 N–H and O–H groups in total. The highest BCUT2D eigenvalue weighted by Gasteiger charge is 2.18. The Morgan fingerprint density at radius 3 is 2.50 bits per heavy atom. The normalized spacial score (nSPS) is 11.1. The van der Waals surface area contributed by atoms with Gasteiger partial charge in [0.2, 0.25) is 0 Å². The zero-order chi connectivity index (χ0) is 12.8. The molecule has 102 valence electrons. The monoisotopic (exact) mass is 275 g/mol. The Morgan fingerprint density at radius 2 is 2.00 bits per heavy atom. The van der Waals surface area contributed by atoms with Gasteiger partial charge in [-0.15, -0.1) is 12.4 Å². The Kier molecular flexibility index (Phi) is 7.16. The predicted molar refractivity (Wildman–Crippen MR) is 70.4 cm³/mol. The van der Waals surface area contributed by atoms with E-state index in [9.17, 15) is 4.79 Å². The van der Waals surface area contributed by atoms with Crippen LogP contribution in [0.5, 0.6) is 11.5 Å². The second kappa shape index (κ2) is 7.79. The minimum atomic E-state index is -0.815. The van der Waals surface area contributed by atoms with E-state index in [0.717, 1.165) is 0 Å². The fraction of sp³-hybridized carbons (Fsp3) is 0.417. The van der Waals surface area contributed by atoms with Crippen LogP contribution in [0.25, 0.3) is 0 Å². The Balaban J connectivity index is 0.00000289. The summed E-state index contributed by atoms with van der Waals surface area (Å²) in [6.45, 7) is 2.42. The van der Waals surface area contributed by atoms with Gasteiger partial charge in [0.1, 0.15) is 6.04 Å².